The fourth-order valence-corrected chi connectivity index (χ4v) is 1.98. The molecule has 0 bridgehead atoms. The third kappa shape index (κ3) is 4.54. The maximum Gasteiger partial charge on any atom is 0.255 e. The van der Waals surface area contributed by atoms with Gasteiger partial charge >= 0.3 is 0 Å². The molecule has 0 aliphatic heterocycles. The summed E-state index contributed by atoms with van der Waals surface area (Å²) in [6.07, 6.45) is 5.23. The normalized spacial score (nSPS) is 10.6. The van der Waals surface area contributed by atoms with Gasteiger partial charge < -0.3 is 14.6 Å². The highest BCUT2D eigenvalue weighted by Gasteiger charge is 2.14. The van der Waals surface area contributed by atoms with E-state index in [9.17, 15) is 9.18 Å². The zero-order chi connectivity index (χ0) is 15.1. The van der Waals surface area contributed by atoms with Gasteiger partial charge in [-0.25, -0.2) is 9.37 Å². The lowest BCUT2D eigenvalue weighted by Crippen LogP contribution is -2.28. The first-order valence-electron chi connectivity index (χ1n) is 6.44. The minimum Gasteiger partial charge on any atom is -0.378 e. The molecule has 0 radical (unpaired) electrons. The highest BCUT2D eigenvalue weighted by molar-refractivity contribution is 6.33. The highest BCUT2D eigenvalue weighted by Crippen LogP contribution is 2.18. The van der Waals surface area contributed by atoms with Crippen molar-refractivity contribution >= 4 is 17.5 Å². The van der Waals surface area contributed by atoms with Crippen LogP contribution in [0.3, 0.4) is 0 Å². The molecular weight excluding hydrogens is 297 g/mol. The molecule has 0 saturated carbocycles. The number of carbonyl (C=O) groups excluding carboxylic acids is 1. The molecule has 0 atom stereocenters. The molecule has 21 heavy (non-hydrogen) atoms. The molecule has 1 aromatic heterocycles. The number of hydrogen-bond donors (Lipinski definition) is 1. The molecule has 1 aromatic carbocycles. The smallest absolute Gasteiger partial charge is 0.255 e. The molecule has 0 fully saturated rings. The van der Waals surface area contributed by atoms with Crippen molar-refractivity contribution in [1.29, 1.82) is 0 Å². The van der Waals surface area contributed by atoms with Gasteiger partial charge in [-0.2, -0.15) is 0 Å². The second-order valence-electron chi connectivity index (χ2n) is 4.27. The number of amides is 1. The molecule has 2 aromatic rings. The molecule has 0 aliphatic carbocycles. The number of hydrogen-bond acceptors (Lipinski definition) is 3. The summed E-state index contributed by atoms with van der Waals surface area (Å²) < 4.78 is 20.8. The first kappa shape index (κ1) is 15.5. The van der Waals surface area contributed by atoms with E-state index in [4.69, 9.17) is 16.3 Å². The van der Waals surface area contributed by atoms with Crippen LogP contribution in [-0.4, -0.2) is 35.2 Å². The predicted octanol–water partition coefficient (Wildman–Crippen LogP) is 2.12. The van der Waals surface area contributed by atoms with Gasteiger partial charge in [0.1, 0.15) is 5.82 Å². The Kier molecular flexibility index (Phi) is 5.71. The quantitative estimate of drug-likeness (QED) is 0.797. The number of carbonyl (C=O) groups is 1. The number of nitrogens with one attached hydrogen (secondary N) is 1. The molecule has 0 saturated heterocycles. The van der Waals surface area contributed by atoms with Crippen LogP contribution in [0.5, 0.6) is 0 Å². The van der Waals surface area contributed by atoms with Crippen LogP contribution in [0.1, 0.15) is 10.4 Å². The monoisotopic (exact) mass is 311 g/mol. The molecule has 2 rings (SSSR count). The predicted molar refractivity (Wildman–Crippen MR) is 76.8 cm³/mol. The van der Waals surface area contributed by atoms with E-state index < -0.39 is 11.7 Å². The van der Waals surface area contributed by atoms with E-state index >= 15 is 0 Å². The van der Waals surface area contributed by atoms with Gasteiger partial charge in [-0.3, -0.25) is 4.79 Å². The number of ether oxygens (including phenoxy) is 1. The second-order valence-corrected chi connectivity index (χ2v) is 4.67. The molecular formula is C14H15ClFN3O2. The first-order chi connectivity index (χ1) is 10.2. The van der Waals surface area contributed by atoms with Crippen LogP contribution in [0, 0.1) is 5.82 Å². The minimum atomic E-state index is -0.638. The summed E-state index contributed by atoms with van der Waals surface area (Å²) >= 11 is 5.80. The van der Waals surface area contributed by atoms with Gasteiger partial charge in [0.05, 0.1) is 30.1 Å². The lowest BCUT2D eigenvalue weighted by Gasteiger charge is -2.08. The zero-order valence-corrected chi connectivity index (χ0v) is 12.0. The van der Waals surface area contributed by atoms with Crippen molar-refractivity contribution in [3.05, 3.63) is 53.3 Å². The molecule has 7 heteroatoms. The van der Waals surface area contributed by atoms with Crippen LogP contribution in [0.15, 0.2) is 36.9 Å². The number of aromatic nitrogens is 2. The molecule has 112 valence electrons. The number of nitrogens with zero attached hydrogens (tertiary/aromatic N) is 2. The summed E-state index contributed by atoms with van der Waals surface area (Å²) in [4.78, 5) is 15.7. The largest absolute Gasteiger partial charge is 0.378 e. The number of rotatable bonds is 7. The molecule has 0 aliphatic rings. The number of benzene rings is 1. The average molecular weight is 312 g/mol. The summed E-state index contributed by atoms with van der Waals surface area (Å²) in [5, 5.41) is 2.66. The Bertz CT molecular complexity index is 570. The second kappa shape index (κ2) is 7.75. The van der Waals surface area contributed by atoms with E-state index in [2.05, 4.69) is 10.3 Å². The summed E-state index contributed by atoms with van der Waals surface area (Å²) in [5.41, 5.74) is -0.141. The Labute approximate surface area is 126 Å². The van der Waals surface area contributed by atoms with Gasteiger partial charge in [0.25, 0.3) is 5.91 Å². The summed E-state index contributed by atoms with van der Waals surface area (Å²) in [5.74, 6) is -1.18. The highest BCUT2D eigenvalue weighted by atomic mass is 35.5. The third-order valence-electron chi connectivity index (χ3n) is 2.77. The SMILES string of the molecule is O=C(NCCOCCn1ccnc1)c1c(F)cccc1Cl. The van der Waals surface area contributed by atoms with Crippen molar-refractivity contribution in [2.24, 2.45) is 0 Å². The van der Waals surface area contributed by atoms with Crippen LogP contribution in [0.25, 0.3) is 0 Å². The van der Waals surface area contributed by atoms with Crippen molar-refractivity contribution in [3.8, 4) is 0 Å². The third-order valence-corrected chi connectivity index (χ3v) is 3.09. The van der Waals surface area contributed by atoms with E-state index in [1.165, 1.54) is 18.2 Å². The summed E-state index contributed by atoms with van der Waals surface area (Å²) in [6, 6.07) is 4.12. The Balaban J connectivity index is 1.67. The van der Waals surface area contributed by atoms with Crippen LogP contribution in [0.4, 0.5) is 4.39 Å². The van der Waals surface area contributed by atoms with Crippen LogP contribution in [-0.2, 0) is 11.3 Å². The molecule has 1 heterocycles. The molecule has 5 nitrogen and oxygen atoms in total. The van der Waals surface area contributed by atoms with E-state index in [1.807, 2.05) is 10.8 Å². The van der Waals surface area contributed by atoms with Gasteiger partial charge in [-0.05, 0) is 12.1 Å². The van der Waals surface area contributed by atoms with Gasteiger partial charge in [-0.15, -0.1) is 0 Å². The van der Waals surface area contributed by atoms with Crippen molar-refractivity contribution in [1.82, 2.24) is 14.9 Å². The van der Waals surface area contributed by atoms with Gasteiger partial charge in [0.2, 0.25) is 0 Å². The Morgan fingerprint density at radius 1 is 1.43 bits per heavy atom. The van der Waals surface area contributed by atoms with Crippen molar-refractivity contribution in [3.63, 3.8) is 0 Å². The Morgan fingerprint density at radius 3 is 3.00 bits per heavy atom. The van der Waals surface area contributed by atoms with Crippen LogP contribution < -0.4 is 5.32 Å². The maximum absolute atomic E-state index is 13.5. The topological polar surface area (TPSA) is 56.1 Å². The van der Waals surface area contributed by atoms with Gasteiger partial charge in [0, 0.05) is 25.5 Å². The summed E-state index contributed by atoms with van der Waals surface area (Å²) in [7, 11) is 0. The van der Waals surface area contributed by atoms with E-state index in [0.717, 1.165) is 0 Å². The van der Waals surface area contributed by atoms with E-state index in [-0.39, 0.29) is 17.1 Å². The Morgan fingerprint density at radius 2 is 2.29 bits per heavy atom. The fraction of sp³-hybridized carbons (Fsp3) is 0.286. The lowest BCUT2D eigenvalue weighted by molar-refractivity contribution is 0.0905. The van der Waals surface area contributed by atoms with Crippen molar-refractivity contribution in [2.75, 3.05) is 19.8 Å². The van der Waals surface area contributed by atoms with Crippen molar-refractivity contribution in [2.45, 2.75) is 6.54 Å². The van der Waals surface area contributed by atoms with E-state index in [1.54, 1.807) is 12.5 Å². The van der Waals surface area contributed by atoms with Gasteiger partial charge in [-0.1, -0.05) is 17.7 Å². The standard InChI is InChI=1S/C14H15ClFN3O2/c15-11-2-1-3-12(16)13(11)14(20)18-5-8-21-9-7-19-6-4-17-10-19/h1-4,6,10H,5,7-9H2,(H,18,20). The molecule has 1 N–H and O–H groups in total. The average Bonchev–Trinajstić information content (AvgIpc) is 2.95. The van der Waals surface area contributed by atoms with Gasteiger partial charge in [0.15, 0.2) is 0 Å². The number of halogens is 2. The summed E-state index contributed by atoms with van der Waals surface area (Å²) in [6.45, 7) is 1.82. The molecule has 0 unspecified atom stereocenters. The van der Waals surface area contributed by atoms with E-state index in [0.29, 0.717) is 19.8 Å². The molecule has 0 spiro atoms. The van der Waals surface area contributed by atoms with Crippen LogP contribution in [0.2, 0.25) is 5.02 Å². The van der Waals surface area contributed by atoms with Crippen molar-refractivity contribution < 1.29 is 13.9 Å². The first-order valence-corrected chi connectivity index (χ1v) is 6.82. The lowest BCUT2D eigenvalue weighted by atomic mass is 10.2. The zero-order valence-electron chi connectivity index (χ0n) is 11.3. The molecule has 1 amide bonds. The maximum atomic E-state index is 13.5. The fourth-order valence-electron chi connectivity index (χ4n) is 1.73. The minimum absolute atomic E-state index is 0.0912. The van der Waals surface area contributed by atoms with Crippen LogP contribution >= 0.6 is 11.6 Å². The Hall–Kier alpha value is -1.92. The number of imidazole rings is 1.